The van der Waals surface area contributed by atoms with Crippen molar-refractivity contribution in [1.82, 2.24) is 15.1 Å². The minimum absolute atomic E-state index is 0.0482. The normalized spacial score (nSPS) is 28.7. The minimum atomic E-state index is -0.112. The van der Waals surface area contributed by atoms with Gasteiger partial charge in [0.25, 0.3) is 0 Å². The molecule has 2 bridgehead atoms. The van der Waals surface area contributed by atoms with E-state index in [4.69, 9.17) is 0 Å². The van der Waals surface area contributed by atoms with Gasteiger partial charge in [0.2, 0.25) is 5.91 Å². The Hall–Kier alpha value is -2.86. The number of fused-ring (bicyclic) bond motifs is 4. The Balaban J connectivity index is 1.28. The minimum Gasteiger partial charge on any atom is -0.334 e. The summed E-state index contributed by atoms with van der Waals surface area (Å²) in [6.07, 6.45) is 4.80. The van der Waals surface area contributed by atoms with Crippen LogP contribution in [0, 0.1) is 5.92 Å². The Bertz CT molecular complexity index is 1040. The number of nitrogens with one attached hydrogen (secondary N) is 1. The standard InChI is InChI=1S/C27H32N4O2/c32-25-6-3-14-30(25)22-9-7-21(8-10-22)26-23-5-2-1-4-19(23)13-17-31(26)27(33)28-24-18-29-15-11-20(24)12-16-29/h1-2,4-5,7-10,20,24,26H,3,6,11-18H2,(H,28,33)/t24-,26-/m1/s1. The topological polar surface area (TPSA) is 55.9 Å². The van der Waals surface area contributed by atoms with Crippen LogP contribution in [0.4, 0.5) is 10.5 Å². The first kappa shape index (κ1) is 20.7. The van der Waals surface area contributed by atoms with Crippen LogP contribution in [0.3, 0.4) is 0 Å². The van der Waals surface area contributed by atoms with Crippen molar-refractivity contribution < 1.29 is 9.59 Å². The van der Waals surface area contributed by atoms with Gasteiger partial charge >= 0.3 is 6.03 Å². The van der Waals surface area contributed by atoms with Crippen LogP contribution >= 0.6 is 0 Å². The van der Waals surface area contributed by atoms with E-state index in [1.807, 2.05) is 21.9 Å². The first-order valence-electron chi connectivity index (χ1n) is 12.4. The van der Waals surface area contributed by atoms with Crippen molar-refractivity contribution in [3.05, 3.63) is 65.2 Å². The number of benzene rings is 2. The molecule has 5 heterocycles. The van der Waals surface area contributed by atoms with E-state index in [1.165, 1.54) is 37.1 Å². The zero-order valence-corrected chi connectivity index (χ0v) is 19.1. The average Bonchev–Trinajstić information content (AvgIpc) is 3.30. The Labute approximate surface area is 195 Å². The lowest BCUT2D eigenvalue weighted by molar-refractivity contribution is -0.117. The van der Waals surface area contributed by atoms with Gasteiger partial charge in [-0.05, 0) is 73.5 Å². The van der Waals surface area contributed by atoms with Gasteiger partial charge in [0.15, 0.2) is 0 Å². The quantitative estimate of drug-likeness (QED) is 0.788. The van der Waals surface area contributed by atoms with E-state index < -0.39 is 0 Å². The average molecular weight is 445 g/mol. The monoisotopic (exact) mass is 444 g/mol. The third-order valence-electron chi connectivity index (χ3n) is 8.10. The zero-order chi connectivity index (χ0) is 22.4. The molecule has 7 rings (SSSR count). The largest absolute Gasteiger partial charge is 0.334 e. The van der Waals surface area contributed by atoms with Crippen molar-refractivity contribution in [2.45, 2.75) is 44.2 Å². The van der Waals surface area contributed by atoms with Crippen LogP contribution in [0.15, 0.2) is 48.5 Å². The van der Waals surface area contributed by atoms with Crippen LogP contribution in [0.1, 0.15) is 48.4 Å². The molecule has 0 unspecified atom stereocenters. The molecular formula is C27H32N4O2. The van der Waals surface area contributed by atoms with Gasteiger partial charge < -0.3 is 20.0 Å². The third-order valence-corrected chi connectivity index (χ3v) is 8.10. The molecule has 2 aromatic rings. The van der Waals surface area contributed by atoms with Crippen LogP contribution in [-0.4, -0.2) is 60.5 Å². The van der Waals surface area contributed by atoms with Crippen molar-refractivity contribution in [3.63, 3.8) is 0 Å². The molecule has 5 aliphatic heterocycles. The van der Waals surface area contributed by atoms with Crippen molar-refractivity contribution in [3.8, 4) is 0 Å². The van der Waals surface area contributed by atoms with Crippen LogP contribution in [0.5, 0.6) is 0 Å². The second kappa shape index (κ2) is 8.49. The molecule has 0 aromatic heterocycles. The highest BCUT2D eigenvalue weighted by atomic mass is 16.2. The number of piperidine rings is 3. The highest BCUT2D eigenvalue weighted by Gasteiger charge is 2.38. The number of anilines is 1. The number of rotatable bonds is 3. The summed E-state index contributed by atoms with van der Waals surface area (Å²) < 4.78 is 0. The van der Waals surface area contributed by atoms with Crippen LogP contribution < -0.4 is 10.2 Å². The number of urea groups is 1. The van der Waals surface area contributed by atoms with E-state index in [0.29, 0.717) is 18.9 Å². The fourth-order valence-corrected chi connectivity index (χ4v) is 6.27. The lowest BCUT2D eigenvalue weighted by Crippen LogP contribution is -2.59. The number of amides is 3. The molecule has 2 atom stereocenters. The maximum atomic E-state index is 13.6. The number of carbonyl (C=O) groups excluding carboxylic acids is 2. The first-order chi connectivity index (χ1) is 16.2. The Kier molecular flexibility index (Phi) is 5.33. The second-order valence-electron chi connectivity index (χ2n) is 9.98. The van der Waals surface area contributed by atoms with E-state index in [9.17, 15) is 9.59 Å². The molecule has 0 aliphatic carbocycles. The van der Waals surface area contributed by atoms with E-state index >= 15 is 0 Å². The van der Waals surface area contributed by atoms with E-state index in [1.54, 1.807) is 0 Å². The van der Waals surface area contributed by atoms with Crippen LogP contribution in [0.25, 0.3) is 0 Å². The lowest BCUT2D eigenvalue weighted by Gasteiger charge is -2.46. The van der Waals surface area contributed by atoms with Gasteiger partial charge in [-0.3, -0.25) is 4.79 Å². The Morgan fingerprint density at radius 1 is 0.909 bits per heavy atom. The van der Waals surface area contributed by atoms with Gasteiger partial charge in [0.05, 0.1) is 6.04 Å². The van der Waals surface area contributed by atoms with Crippen LogP contribution in [0.2, 0.25) is 0 Å². The third kappa shape index (κ3) is 3.80. The second-order valence-corrected chi connectivity index (χ2v) is 9.98. The van der Waals surface area contributed by atoms with Gasteiger partial charge in [-0.15, -0.1) is 0 Å². The molecular weight excluding hydrogens is 412 g/mol. The summed E-state index contributed by atoms with van der Waals surface area (Å²) in [6.45, 7) is 4.81. The smallest absolute Gasteiger partial charge is 0.318 e. The SMILES string of the molecule is O=C1CCCN1c1ccc([C@@H]2c3ccccc3CCN2C(=O)N[C@@H]2CN3CCC2CC3)cc1. The molecule has 4 fully saturated rings. The summed E-state index contributed by atoms with van der Waals surface area (Å²) in [5, 5.41) is 3.40. The van der Waals surface area contributed by atoms with Gasteiger partial charge in [-0.2, -0.15) is 0 Å². The molecule has 4 saturated heterocycles. The summed E-state index contributed by atoms with van der Waals surface area (Å²) in [7, 11) is 0. The zero-order valence-electron chi connectivity index (χ0n) is 19.1. The van der Waals surface area contributed by atoms with Crippen molar-refractivity contribution in [1.29, 1.82) is 0 Å². The maximum Gasteiger partial charge on any atom is 0.318 e. The van der Waals surface area contributed by atoms with Crippen molar-refractivity contribution in [2.75, 3.05) is 37.6 Å². The summed E-state index contributed by atoms with van der Waals surface area (Å²) >= 11 is 0. The lowest BCUT2D eigenvalue weighted by atomic mass is 9.84. The number of nitrogens with zero attached hydrogens (tertiary/aromatic N) is 3. The van der Waals surface area contributed by atoms with E-state index in [-0.39, 0.29) is 24.0 Å². The number of hydrogen-bond donors (Lipinski definition) is 1. The summed E-state index contributed by atoms with van der Waals surface area (Å²) in [5.74, 6) is 0.802. The maximum absolute atomic E-state index is 13.6. The molecule has 0 saturated carbocycles. The fraction of sp³-hybridized carbons (Fsp3) is 0.481. The predicted octanol–water partition coefficient (Wildman–Crippen LogP) is 3.56. The summed E-state index contributed by atoms with van der Waals surface area (Å²) in [5.41, 5.74) is 4.57. The van der Waals surface area contributed by atoms with Gasteiger partial charge in [0.1, 0.15) is 0 Å². The molecule has 5 aliphatic rings. The van der Waals surface area contributed by atoms with Gasteiger partial charge in [0, 0.05) is 37.8 Å². The predicted molar refractivity (Wildman–Crippen MR) is 128 cm³/mol. The first-order valence-corrected chi connectivity index (χ1v) is 12.4. The van der Waals surface area contributed by atoms with Crippen molar-refractivity contribution >= 4 is 17.6 Å². The Morgan fingerprint density at radius 3 is 2.39 bits per heavy atom. The van der Waals surface area contributed by atoms with Gasteiger partial charge in [-0.25, -0.2) is 4.79 Å². The molecule has 2 aromatic carbocycles. The highest BCUT2D eigenvalue weighted by Crippen LogP contribution is 2.37. The van der Waals surface area contributed by atoms with Crippen LogP contribution in [-0.2, 0) is 11.2 Å². The molecule has 6 nitrogen and oxygen atoms in total. The molecule has 1 N–H and O–H groups in total. The Morgan fingerprint density at radius 2 is 1.70 bits per heavy atom. The number of carbonyl (C=O) groups is 2. The highest BCUT2D eigenvalue weighted by molar-refractivity contribution is 5.95. The van der Waals surface area contributed by atoms with E-state index in [0.717, 1.165) is 37.2 Å². The molecule has 0 spiro atoms. The molecule has 6 heteroatoms. The molecule has 33 heavy (non-hydrogen) atoms. The molecule has 3 amide bonds. The molecule has 0 radical (unpaired) electrons. The molecule has 172 valence electrons. The van der Waals surface area contributed by atoms with Gasteiger partial charge in [-0.1, -0.05) is 36.4 Å². The fourth-order valence-electron chi connectivity index (χ4n) is 6.27. The summed E-state index contributed by atoms with van der Waals surface area (Å²) in [6, 6.07) is 17.0. The summed E-state index contributed by atoms with van der Waals surface area (Å²) in [4.78, 5) is 32.1. The number of hydrogen-bond acceptors (Lipinski definition) is 3. The van der Waals surface area contributed by atoms with Crippen molar-refractivity contribution in [2.24, 2.45) is 5.92 Å². The van der Waals surface area contributed by atoms with E-state index in [2.05, 4.69) is 46.6 Å².